The molecular formula is C9H12F2. The van der Waals surface area contributed by atoms with Crippen LogP contribution >= 0.6 is 0 Å². The van der Waals surface area contributed by atoms with E-state index in [9.17, 15) is 8.78 Å². The van der Waals surface area contributed by atoms with Gasteiger partial charge in [-0.15, -0.1) is 0 Å². The van der Waals surface area contributed by atoms with Crippen LogP contribution in [0.25, 0.3) is 0 Å². The first kappa shape index (κ1) is 8.44. The second-order valence-corrected chi connectivity index (χ2v) is 2.80. The van der Waals surface area contributed by atoms with Crippen LogP contribution in [0.1, 0.15) is 26.2 Å². The van der Waals surface area contributed by atoms with E-state index in [2.05, 4.69) is 0 Å². The van der Waals surface area contributed by atoms with Gasteiger partial charge in [0.15, 0.2) is 0 Å². The Kier molecular flexibility index (Phi) is 2.80. The quantitative estimate of drug-likeness (QED) is 0.578. The summed E-state index contributed by atoms with van der Waals surface area (Å²) in [5.74, 6) is -0.330. The van der Waals surface area contributed by atoms with Gasteiger partial charge >= 0.3 is 0 Å². The minimum atomic E-state index is -1.11. The third-order valence-corrected chi connectivity index (χ3v) is 1.67. The van der Waals surface area contributed by atoms with Crippen molar-refractivity contribution in [3.05, 3.63) is 23.6 Å². The van der Waals surface area contributed by atoms with E-state index in [4.69, 9.17) is 0 Å². The molecular weight excluding hydrogens is 146 g/mol. The van der Waals surface area contributed by atoms with Gasteiger partial charge < -0.3 is 0 Å². The molecule has 0 aromatic heterocycles. The highest BCUT2D eigenvalue weighted by Crippen LogP contribution is 2.23. The molecule has 0 saturated heterocycles. The van der Waals surface area contributed by atoms with Crippen LogP contribution in [0.5, 0.6) is 0 Å². The maximum Gasteiger partial charge on any atom is 0.125 e. The number of rotatable bonds is 2. The summed E-state index contributed by atoms with van der Waals surface area (Å²) in [7, 11) is 0. The van der Waals surface area contributed by atoms with Gasteiger partial charge in [-0.05, 0) is 24.1 Å². The van der Waals surface area contributed by atoms with Crippen molar-refractivity contribution in [3.8, 4) is 0 Å². The highest BCUT2D eigenvalue weighted by molar-refractivity contribution is 5.27. The summed E-state index contributed by atoms with van der Waals surface area (Å²) in [6.07, 6.45) is 3.47. The molecule has 11 heavy (non-hydrogen) atoms. The monoisotopic (exact) mass is 158 g/mol. The average Bonchev–Trinajstić information content (AvgIpc) is 1.85. The van der Waals surface area contributed by atoms with Crippen molar-refractivity contribution in [2.45, 2.75) is 32.4 Å². The van der Waals surface area contributed by atoms with E-state index in [1.807, 2.05) is 6.92 Å². The van der Waals surface area contributed by atoms with Crippen molar-refractivity contribution in [2.24, 2.45) is 0 Å². The molecule has 0 spiro atoms. The first-order valence-corrected chi connectivity index (χ1v) is 3.93. The van der Waals surface area contributed by atoms with Crippen LogP contribution in [-0.4, -0.2) is 6.17 Å². The Hall–Kier alpha value is -0.660. The van der Waals surface area contributed by atoms with Crippen molar-refractivity contribution < 1.29 is 8.78 Å². The Labute approximate surface area is 65.6 Å². The zero-order valence-corrected chi connectivity index (χ0v) is 6.61. The number of hydrogen-bond donors (Lipinski definition) is 0. The largest absolute Gasteiger partial charge is 0.242 e. The van der Waals surface area contributed by atoms with Crippen LogP contribution in [0.3, 0.4) is 0 Å². The fourth-order valence-corrected chi connectivity index (χ4v) is 1.23. The second kappa shape index (κ2) is 3.65. The van der Waals surface area contributed by atoms with Crippen LogP contribution < -0.4 is 0 Å². The number of alkyl halides is 1. The van der Waals surface area contributed by atoms with E-state index >= 15 is 0 Å². The summed E-state index contributed by atoms with van der Waals surface area (Å²) in [6.45, 7) is 1.99. The Morgan fingerprint density at radius 3 is 2.91 bits per heavy atom. The van der Waals surface area contributed by atoms with Gasteiger partial charge in [0.05, 0.1) is 0 Å². The number of hydrogen-bond acceptors (Lipinski definition) is 0. The molecule has 0 aliphatic heterocycles. The molecule has 1 aliphatic rings. The van der Waals surface area contributed by atoms with Gasteiger partial charge in [0.25, 0.3) is 0 Å². The fourth-order valence-electron chi connectivity index (χ4n) is 1.23. The number of allylic oxidation sites excluding steroid dienone is 4. The molecule has 0 nitrogen and oxygen atoms in total. The van der Waals surface area contributed by atoms with Crippen LogP contribution in [0, 0.1) is 0 Å². The van der Waals surface area contributed by atoms with Crippen LogP contribution in [0.15, 0.2) is 23.6 Å². The molecule has 0 aromatic carbocycles. The fraction of sp³-hybridized carbons (Fsp3) is 0.556. The third kappa shape index (κ3) is 2.45. The minimum Gasteiger partial charge on any atom is -0.242 e. The Bertz CT molecular complexity index is 192. The van der Waals surface area contributed by atoms with E-state index in [-0.39, 0.29) is 12.2 Å². The molecule has 1 aliphatic carbocycles. The second-order valence-electron chi connectivity index (χ2n) is 2.80. The van der Waals surface area contributed by atoms with Gasteiger partial charge in [0.1, 0.15) is 12.0 Å². The summed E-state index contributed by atoms with van der Waals surface area (Å²) in [6, 6.07) is 0. The highest BCUT2D eigenvalue weighted by atomic mass is 19.1. The van der Waals surface area contributed by atoms with E-state index in [0.29, 0.717) is 0 Å². The SMILES string of the molecule is CCCC1=CC(F)CC(F)=C1. The van der Waals surface area contributed by atoms with Crippen molar-refractivity contribution in [3.63, 3.8) is 0 Å². The smallest absolute Gasteiger partial charge is 0.125 e. The number of halogens is 2. The van der Waals surface area contributed by atoms with Gasteiger partial charge in [0.2, 0.25) is 0 Å². The molecule has 0 aromatic rings. The minimum absolute atomic E-state index is 0.0762. The molecule has 0 fully saturated rings. The Morgan fingerprint density at radius 1 is 1.64 bits per heavy atom. The molecule has 1 rings (SSSR count). The maximum absolute atomic E-state index is 12.7. The molecule has 0 amide bonds. The molecule has 0 saturated carbocycles. The molecule has 0 radical (unpaired) electrons. The van der Waals surface area contributed by atoms with Crippen molar-refractivity contribution in [2.75, 3.05) is 0 Å². The lowest BCUT2D eigenvalue weighted by Crippen LogP contribution is -2.02. The molecule has 62 valence electrons. The van der Waals surface area contributed by atoms with Gasteiger partial charge in [0, 0.05) is 6.42 Å². The highest BCUT2D eigenvalue weighted by Gasteiger charge is 2.12. The lowest BCUT2D eigenvalue weighted by atomic mass is 10.0. The van der Waals surface area contributed by atoms with Gasteiger partial charge in [-0.25, -0.2) is 8.78 Å². The standard InChI is InChI=1S/C9H12F2/c1-2-3-7-4-8(10)6-9(11)5-7/h4-5,8H,2-3,6H2,1H3. The van der Waals surface area contributed by atoms with E-state index in [1.54, 1.807) is 0 Å². The average molecular weight is 158 g/mol. The van der Waals surface area contributed by atoms with Crippen LogP contribution in [0.4, 0.5) is 8.78 Å². The normalized spacial score (nSPS) is 24.5. The Balaban J connectivity index is 2.62. The lowest BCUT2D eigenvalue weighted by molar-refractivity contribution is 0.366. The maximum atomic E-state index is 12.7. The predicted molar refractivity (Wildman–Crippen MR) is 41.7 cm³/mol. The zero-order valence-electron chi connectivity index (χ0n) is 6.61. The first-order valence-electron chi connectivity index (χ1n) is 3.93. The van der Waals surface area contributed by atoms with Crippen molar-refractivity contribution in [1.29, 1.82) is 0 Å². The molecule has 0 heterocycles. The summed E-state index contributed by atoms with van der Waals surface area (Å²) in [4.78, 5) is 0. The Morgan fingerprint density at radius 2 is 2.36 bits per heavy atom. The molecule has 0 bridgehead atoms. The van der Waals surface area contributed by atoms with E-state index in [0.717, 1.165) is 18.4 Å². The van der Waals surface area contributed by atoms with Gasteiger partial charge in [-0.1, -0.05) is 13.3 Å². The summed E-state index contributed by atoms with van der Waals surface area (Å²) in [5, 5.41) is 0. The zero-order chi connectivity index (χ0) is 8.27. The first-order chi connectivity index (χ1) is 5.22. The van der Waals surface area contributed by atoms with Gasteiger partial charge in [-0.3, -0.25) is 0 Å². The summed E-state index contributed by atoms with van der Waals surface area (Å²) in [5.41, 5.74) is 0.795. The van der Waals surface area contributed by atoms with E-state index < -0.39 is 6.17 Å². The van der Waals surface area contributed by atoms with Crippen molar-refractivity contribution in [1.82, 2.24) is 0 Å². The summed E-state index contributed by atoms with van der Waals surface area (Å²) < 4.78 is 25.2. The topological polar surface area (TPSA) is 0 Å². The predicted octanol–water partition coefficient (Wildman–Crippen LogP) is 3.31. The van der Waals surface area contributed by atoms with E-state index in [1.165, 1.54) is 12.2 Å². The third-order valence-electron chi connectivity index (χ3n) is 1.67. The summed E-state index contributed by atoms with van der Waals surface area (Å²) >= 11 is 0. The van der Waals surface area contributed by atoms with Crippen LogP contribution in [0.2, 0.25) is 0 Å². The molecule has 2 heteroatoms. The van der Waals surface area contributed by atoms with Crippen LogP contribution in [-0.2, 0) is 0 Å². The molecule has 1 unspecified atom stereocenters. The lowest BCUT2D eigenvalue weighted by Gasteiger charge is -2.10. The molecule has 0 N–H and O–H groups in total. The van der Waals surface area contributed by atoms with Gasteiger partial charge in [-0.2, -0.15) is 0 Å². The molecule has 1 atom stereocenters. The van der Waals surface area contributed by atoms with Crippen molar-refractivity contribution >= 4 is 0 Å².